The molecule has 22 heavy (non-hydrogen) atoms. The molecule has 122 valence electrons. The van der Waals surface area contributed by atoms with Crippen LogP contribution >= 0.6 is 11.6 Å². The average Bonchev–Trinajstić information content (AvgIpc) is 2.49. The normalized spacial score (nSPS) is 10.3. The van der Waals surface area contributed by atoms with E-state index in [1.807, 2.05) is 12.1 Å². The Balaban J connectivity index is 2.39. The summed E-state index contributed by atoms with van der Waals surface area (Å²) in [7, 11) is 1.63. The summed E-state index contributed by atoms with van der Waals surface area (Å²) < 4.78 is 4.91. The lowest BCUT2D eigenvalue weighted by Crippen LogP contribution is -2.34. The molecule has 1 aromatic carbocycles. The monoisotopic (exact) mass is 326 g/mol. The first-order valence-corrected chi connectivity index (χ1v) is 7.66. The van der Waals surface area contributed by atoms with Crippen LogP contribution in [-0.4, -0.2) is 43.5 Å². The fourth-order valence-corrected chi connectivity index (χ4v) is 2.05. The Morgan fingerprint density at radius 3 is 2.55 bits per heavy atom. The third-order valence-corrected chi connectivity index (χ3v) is 3.44. The topological polar surface area (TPSA) is 58.6 Å². The van der Waals surface area contributed by atoms with Crippen LogP contribution in [0.1, 0.15) is 25.3 Å². The van der Waals surface area contributed by atoms with Crippen molar-refractivity contribution in [3.05, 3.63) is 34.9 Å². The average molecular weight is 327 g/mol. The van der Waals surface area contributed by atoms with E-state index in [1.54, 1.807) is 24.1 Å². The highest BCUT2D eigenvalue weighted by Crippen LogP contribution is 2.11. The summed E-state index contributed by atoms with van der Waals surface area (Å²) in [6, 6.07) is 7.33. The molecule has 0 bridgehead atoms. The van der Waals surface area contributed by atoms with E-state index in [9.17, 15) is 9.59 Å². The van der Waals surface area contributed by atoms with E-state index in [0.29, 0.717) is 37.7 Å². The van der Waals surface area contributed by atoms with Crippen molar-refractivity contribution < 1.29 is 14.3 Å². The van der Waals surface area contributed by atoms with Crippen LogP contribution in [0.2, 0.25) is 5.02 Å². The lowest BCUT2D eigenvalue weighted by molar-refractivity contribution is -0.130. The van der Waals surface area contributed by atoms with Crippen molar-refractivity contribution in [1.29, 1.82) is 0 Å². The van der Waals surface area contributed by atoms with E-state index < -0.39 is 0 Å². The number of hydrogen-bond acceptors (Lipinski definition) is 3. The van der Waals surface area contributed by atoms with Crippen molar-refractivity contribution in [3.63, 3.8) is 0 Å². The van der Waals surface area contributed by atoms with Crippen LogP contribution in [0.15, 0.2) is 24.3 Å². The number of halogens is 1. The molecule has 0 fully saturated rings. The van der Waals surface area contributed by atoms with Crippen molar-refractivity contribution in [1.82, 2.24) is 10.2 Å². The summed E-state index contributed by atoms with van der Waals surface area (Å²) >= 11 is 5.84. The Bertz CT molecular complexity index is 477. The van der Waals surface area contributed by atoms with E-state index >= 15 is 0 Å². The van der Waals surface area contributed by atoms with Gasteiger partial charge in [-0.15, -0.1) is 0 Å². The maximum Gasteiger partial charge on any atom is 0.221 e. The molecule has 0 saturated carbocycles. The number of carbonyl (C=O) groups is 2. The minimum atomic E-state index is -0.0570. The number of amides is 2. The van der Waals surface area contributed by atoms with Gasteiger partial charge in [-0.2, -0.15) is 0 Å². The molecular formula is C16H23ClN2O3. The molecule has 0 spiro atoms. The van der Waals surface area contributed by atoms with E-state index in [4.69, 9.17) is 16.3 Å². The number of methoxy groups -OCH3 is 1. The minimum Gasteiger partial charge on any atom is -0.385 e. The Morgan fingerprint density at radius 1 is 1.27 bits per heavy atom. The molecule has 0 saturated heterocycles. The highest BCUT2D eigenvalue weighted by Gasteiger charge is 2.11. The second-order valence-corrected chi connectivity index (χ2v) is 5.45. The third kappa shape index (κ3) is 7.43. The number of nitrogens with zero attached hydrogens (tertiary/aromatic N) is 1. The molecule has 0 radical (unpaired) electrons. The Morgan fingerprint density at radius 2 is 1.95 bits per heavy atom. The molecule has 1 rings (SSSR count). The van der Waals surface area contributed by atoms with Crippen LogP contribution in [-0.2, 0) is 20.9 Å². The molecule has 0 aromatic heterocycles. The van der Waals surface area contributed by atoms with Crippen LogP contribution in [0.3, 0.4) is 0 Å². The zero-order chi connectivity index (χ0) is 16.4. The van der Waals surface area contributed by atoms with Gasteiger partial charge in [0.1, 0.15) is 0 Å². The van der Waals surface area contributed by atoms with Gasteiger partial charge in [-0.05, 0) is 24.1 Å². The van der Waals surface area contributed by atoms with E-state index in [2.05, 4.69) is 5.32 Å². The standard InChI is InChI=1S/C16H23ClN2O3/c1-13(20)19(12-14-4-6-15(17)7-5-14)10-8-16(21)18-9-3-11-22-2/h4-7H,3,8-12H2,1-2H3,(H,18,21). The quantitative estimate of drug-likeness (QED) is 0.708. The van der Waals surface area contributed by atoms with Crippen LogP contribution in [0.4, 0.5) is 0 Å². The second-order valence-electron chi connectivity index (χ2n) is 5.01. The van der Waals surface area contributed by atoms with Crippen LogP contribution in [0.5, 0.6) is 0 Å². The van der Waals surface area contributed by atoms with Crippen molar-refractivity contribution in [3.8, 4) is 0 Å². The second kappa shape index (κ2) is 10.2. The SMILES string of the molecule is COCCCNC(=O)CCN(Cc1ccc(Cl)cc1)C(C)=O. The fourth-order valence-electron chi connectivity index (χ4n) is 1.93. The van der Waals surface area contributed by atoms with Crippen LogP contribution in [0, 0.1) is 0 Å². The maximum absolute atomic E-state index is 11.7. The summed E-state index contributed by atoms with van der Waals surface area (Å²) in [5, 5.41) is 3.47. The zero-order valence-corrected chi connectivity index (χ0v) is 13.9. The van der Waals surface area contributed by atoms with E-state index in [1.165, 1.54) is 6.92 Å². The highest BCUT2D eigenvalue weighted by molar-refractivity contribution is 6.30. The van der Waals surface area contributed by atoms with Gasteiger partial charge in [0.25, 0.3) is 0 Å². The molecule has 0 unspecified atom stereocenters. The first-order chi connectivity index (χ1) is 10.5. The van der Waals surface area contributed by atoms with Gasteiger partial charge in [-0.3, -0.25) is 9.59 Å². The van der Waals surface area contributed by atoms with Gasteiger partial charge >= 0.3 is 0 Å². The zero-order valence-electron chi connectivity index (χ0n) is 13.1. The molecular weight excluding hydrogens is 304 g/mol. The largest absolute Gasteiger partial charge is 0.385 e. The Labute approximate surface area is 136 Å². The summed E-state index contributed by atoms with van der Waals surface area (Å²) in [6.45, 7) is 3.59. The van der Waals surface area contributed by atoms with E-state index in [0.717, 1.165) is 12.0 Å². The maximum atomic E-state index is 11.7. The van der Waals surface area contributed by atoms with Crippen LogP contribution in [0.25, 0.3) is 0 Å². The number of rotatable bonds is 9. The molecule has 5 nitrogen and oxygen atoms in total. The molecule has 6 heteroatoms. The first-order valence-electron chi connectivity index (χ1n) is 7.28. The molecule has 1 N–H and O–H groups in total. The molecule has 0 aliphatic heterocycles. The number of hydrogen-bond donors (Lipinski definition) is 1. The fraction of sp³-hybridized carbons (Fsp3) is 0.500. The van der Waals surface area contributed by atoms with Crippen molar-refractivity contribution in [2.75, 3.05) is 26.8 Å². The molecule has 0 aliphatic rings. The number of carbonyl (C=O) groups excluding carboxylic acids is 2. The number of benzene rings is 1. The molecule has 0 heterocycles. The highest BCUT2D eigenvalue weighted by atomic mass is 35.5. The molecule has 1 aromatic rings. The van der Waals surface area contributed by atoms with Gasteiger partial charge in [0.15, 0.2) is 0 Å². The lowest BCUT2D eigenvalue weighted by atomic mass is 10.2. The molecule has 0 aliphatic carbocycles. The van der Waals surface area contributed by atoms with Crippen molar-refractivity contribution in [2.24, 2.45) is 0 Å². The van der Waals surface area contributed by atoms with Crippen LogP contribution < -0.4 is 5.32 Å². The molecule has 2 amide bonds. The Hall–Kier alpha value is -1.59. The smallest absolute Gasteiger partial charge is 0.221 e. The van der Waals surface area contributed by atoms with Crippen molar-refractivity contribution >= 4 is 23.4 Å². The van der Waals surface area contributed by atoms with Gasteiger partial charge in [-0.1, -0.05) is 23.7 Å². The van der Waals surface area contributed by atoms with Gasteiger partial charge in [0.05, 0.1) is 0 Å². The summed E-state index contributed by atoms with van der Waals surface area (Å²) in [5.41, 5.74) is 0.986. The number of nitrogens with one attached hydrogen (secondary N) is 1. The molecule has 0 atom stereocenters. The van der Waals surface area contributed by atoms with E-state index in [-0.39, 0.29) is 11.8 Å². The lowest BCUT2D eigenvalue weighted by Gasteiger charge is -2.21. The predicted octanol–water partition coefficient (Wildman–Crippen LogP) is 2.23. The van der Waals surface area contributed by atoms with Crippen molar-refractivity contribution in [2.45, 2.75) is 26.3 Å². The van der Waals surface area contributed by atoms with Gasteiger partial charge in [0.2, 0.25) is 11.8 Å². The number of ether oxygens (including phenoxy) is 1. The van der Waals surface area contributed by atoms with Gasteiger partial charge in [0, 0.05) is 51.7 Å². The third-order valence-electron chi connectivity index (χ3n) is 3.19. The van der Waals surface area contributed by atoms with Gasteiger partial charge < -0.3 is 15.0 Å². The summed E-state index contributed by atoms with van der Waals surface area (Å²) in [5.74, 6) is -0.111. The Kier molecular flexibility index (Phi) is 8.55. The first kappa shape index (κ1) is 18.5. The van der Waals surface area contributed by atoms with Gasteiger partial charge in [-0.25, -0.2) is 0 Å². The summed E-state index contributed by atoms with van der Waals surface area (Å²) in [6.07, 6.45) is 1.07. The minimum absolute atomic E-state index is 0.0536. The predicted molar refractivity (Wildman–Crippen MR) is 86.7 cm³/mol. The summed E-state index contributed by atoms with van der Waals surface area (Å²) in [4.78, 5) is 25.1.